The second-order valence-electron chi connectivity index (χ2n) is 6.65. The minimum atomic E-state index is -0.417. The molecule has 0 bridgehead atoms. The summed E-state index contributed by atoms with van der Waals surface area (Å²) in [6.07, 6.45) is 0. The van der Waals surface area contributed by atoms with Crippen LogP contribution in [0.3, 0.4) is 0 Å². The Morgan fingerprint density at radius 1 is 1.03 bits per heavy atom. The lowest BCUT2D eigenvalue weighted by molar-refractivity contribution is 0.101. The Morgan fingerprint density at radius 3 is 2.43 bits per heavy atom. The average molecular weight is 419 g/mol. The van der Waals surface area contributed by atoms with Crippen molar-refractivity contribution in [3.63, 3.8) is 0 Å². The largest absolute Gasteiger partial charge is 0.497 e. The van der Waals surface area contributed by atoms with Crippen molar-refractivity contribution in [3.05, 3.63) is 89.2 Å². The first kappa shape index (κ1) is 19.7. The Hall–Kier alpha value is -3.64. The van der Waals surface area contributed by atoms with Crippen LogP contribution in [0, 0.1) is 6.92 Å². The number of hydrogen-bond donors (Lipinski definition) is 1. The van der Waals surface area contributed by atoms with E-state index in [1.807, 2.05) is 67.6 Å². The zero-order valence-electron chi connectivity index (χ0n) is 16.5. The van der Waals surface area contributed by atoms with Crippen molar-refractivity contribution in [1.82, 2.24) is 14.8 Å². The molecule has 0 spiro atoms. The van der Waals surface area contributed by atoms with Gasteiger partial charge in [-0.3, -0.25) is 4.79 Å². The third kappa shape index (κ3) is 4.04. The number of para-hydroxylation sites is 1. The molecule has 30 heavy (non-hydrogen) atoms. The van der Waals surface area contributed by atoms with Gasteiger partial charge in [-0.25, -0.2) is 9.67 Å². The van der Waals surface area contributed by atoms with E-state index in [1.54, 1.807) is 23.9 Å². The van der Waals surface area contributed by atoms with Crippen molar-refractivity contribution in [3.8, 4) is 22.8 Å². The van der Waals surface area contributed by atoms with Crippen molar-refractivity contribution in [2.45, 2.75) is 6.92 Å². The van der Waals surface area contributed by atoms with Gasteiger partial charge in [-0.1, -0.05) is 35.9 Å². The predicted molar refractivity (Wildman–Crippen MR) is 117 cm³/mol. The number of amides is 1. The van der Waals surface area contributed by atoms with Gasteiger partial charge in [0.1, 0.15) is 5.75 Å². The van der Waals surface area contributed by atoms with E-state index in [2.05, 4.69) is 15.4 Å². The highest BCUT2D eigenvalue weighted by molar-refractivity contribution is 6.31. The van der Waals surface area contributed by atoms with Crippen molar-refractivity contribution in [2.24, 2.45) is 0 Å². The van der Waals surface area contributed by atoms with Crippen LogP contribution in [0.1, 0.15) is 16.2 Å². The molecule has 0 fully saturated rings. The standard InChI is InChI=1S/C23H19ClN4O2/c1-15-8-11-17(14-20(15)24)25-23(29)21-26-22(16-9-12-19(30-2)13-10-16)28(27-21)18-6-4-3-5-7-18/h3-14H,1-2H3,(H,25,29). The third-order valence-corrected chi connectivity index (χ3v) is 5.00. The van der Waals surface area contributed by atoms with E-state index in [9.17, 15) is 4.79 Å². The number of carbonyl (C=O) groups is 1. The summed E-state index contributed by atoms with van der Waals surface area (Å²) in [5.74, 6) is 0.926. The summed E-state index contributed by atoms with van der Waals surface area (Å²) in [5, 5.41) is 7.85. The van der Waals surface area contributed by atoms with Crippen molar-refractivity contribution >= 4 is 23.2 Å². The SMILES string of the molecule is COc1ccc(-c2nc(C(=O)Nc3ccc(C)c(Cl)c3)nn2-c2ccccc2)cc1. The van der Waals surface area contributed by atoms with Gasteiger partial charge in [-0.2, -0.15) is 0 Å². The topological polar surface area (TPSA) is 69.0 Å². The fourth-order valence-electron chi connectivity index (χ4n) is 2.94. The van der Waals surface area contributed by atoms with Crippen LogP contribution in [0.25, 0.3) is 17.1 Å². The molecule has 7 heteroatoms. The van der Waals surface area contributed by atoms with Gasteiger partial charge >= 0.3 is 0 Å². The molecule has 1 N–H and O–H groups in total. The summed E-state index contributed by atoms with van der Waals surface area (Å²) >= 11 is 6.16. The van der Waals surface area contributed by atoms with E-state index in [-0.39, 0.29) is 5.82 Å². The van der Waals surface area contributed by atoms with E-state index < -0.39 is 5.91 Å². The molecule has 150 valence electrons. The fourth-order valence-corrected chi connectivity index (χ4v) is 3.12. The smallest absolute Gasteiger partial charge is 0.295 e. The predicted octanol–water partition coefficient (Wildman–Crippen LogP) is 5.16. The summed E-state index contributed by atoms with van der Waals surface area (Å²) in [4.78, 5) is 17.3. The molecule has 6 nitrogen and oxygen atoms in total. The van der Waals surface area contributed by atoms with Gasteiger partial charge in [-0.05, 0) is 61.0 Å². The van der Waals surface area contributed by atoms with Gasteiger partial charge in [0.25, 0.3) is 5.91 Å². The Labute approximate surface area is 179 Å². The molecule has 0 radical (unpaired) electrons. The van der Waals surface area contributed by atoms with Gasteiger partial charge in [0.2, 0.25) is 5.82 Å². The number of rotatable bonds is 5. The highest BCUT2D eigenvalue weighted by Crippen LogP contribution is 2.25. The summed E-state index contributed by atoms with van der Waals surface area (Å²) in [5.41, 5.74) is 3.12. The zero-order chi connectivity index (χ0) is 21.1. The van der Waals surface area contributed by atoms with Crippen LogP contribution in [-0.4, -0.2) is 27.8 Å². The Morgan fingerprint density at radius 2 is 1.77 bits per heavy atom. The molecule has 0 unspecified atom stereocenters. The third-order valence-electron chi connectivity index (χ3n) is 4.59. The molecule has 1 heterocycles. The Balaban J connectivity index is 1.72. The number of hydrogen-bond acceptors (Lipinski definition) is 4. The number of aromatic nitrogens is 3. The van der Waals surface area contributed by atoms with Crippen LogP contribution < -0.4 is 10.1 Å². The van der Waals surface area contributed by atoms with Crippen LogP contribution in [0.15, 0.2) is 72.8 Å². The van der Waals surface area contributed by atoms with E-state index in [0.717, 1.165) is 22.6 Å². The molecular formula is C23H19ClN4O2. The second-order valence-corrected chi connectivity index (χ2v) is 7.06. The number of halogens is 1. The molecule has 0 saturated carbocycles. The maximum absolute atomic E-state index is 12.8. The lowest BCUT2D eigenvalue weighted by atomic mass is 10.2. The molecule has 4 aromatic rings. The summed E-state index contributed by atoms with van der Waals surface area (Å²) in [6.45, 7) is 1.90. The van der Waals surface area contributed by atoms with Crippen molar-refractivity contribution in [2.75, 3.05) is 12.4 Å². The first-order valence-electron chi connectivity index (χ1n) is 9.29. The summed E-state index contributed by atoms with van der Waals surface area (Å²) < 4.78 is 6.88. The Kier molecular flexibility index (Phi) is 5.50. The summed E-state index contributed by atoms with van der Waals surface area (Å²) in [6, 6.07) is 22.3. The molecule has 0 aliphatic heterocycles. The number of anilines is 1. The van der Waals surface area contributed by atoms with Gasteiger partial charge in [0.05, 0.1) is 12.8 Å². The molecule has 0 saturated heterocycles. The monoisotopic (exact) mass is 418 g/mol. The first-order valence-corrected chi connectivity index (χ1v) is 9.67. The Bertz CT molecular complexity index is 1190. The van der Waals surface area contributed by atoms with E-state index in [4.69, 9.17) is 16.3 Å². The number of benzene rings is 3. The van der Waals surface area contributed by atoms with Gasteiger partial charge in [-0.15, -0.1) is 5.10 Å². The number of aryl methyl sites for hydroxylation is 1. The van der Waals surface area contributed by atoms with Gasteiger partial charge < -0.3 is 10.1 Å². The molecule has 1 aromatic heterocycles. The first-order chi connectivity index (χ1) is 14.5. The maximum Gasteiger partial charge on any atom is 0.295 e. The van der Waals surface area contributed by atoms with Gasteiger partial charge in [0.15, 0.2) is 5.82 Å². The number of ether oxygens (including phenoxy) is 1. The number of methoxy groups -OCH3 is 1. The quantitative estimate of drug-likeness (QED) is 0.486. The van der Waals surface area contributed by atoms with E-state index in [1.165, 1.54) is 0 Å². The molecule has 3 aromatic carbocycles. The van der Waals surface area contributed by atoms with Crippen LogP contribution in [0.5, 0.6) is 5.75 Å². The lowest BCUT2D eigenvalue weighted by Crippen LogP contribution is -2.14. The van der Waals surface area contributed by atoms with Crippen molar-refractivity contribution < 1.29 is 9.53 Å². The number of carbonyl (C=O) groups excluding carboxylic acids is 1. The van der Waals surface area contributed by atoms with Crippen LogP contribution in [0.2, 0.25) is 5.02 Å². The molecule has 0 atom stereocenters. The highest BCUT2D eigenvalue weighted by Gasteiger charge is 2.19. The highest BCUT2D eigenvalue weighted by atomic mass is 35.5. The second kappa shape index (κ2) is 8.39. The average Bonchev–Trinajstić information content (AvgIpc) is 3.23. The maximum atomic E-state index is 12.8. The molecule has 4 rings (SSSR count). The van der Waals surface area contributed by atoms with Gasteiger partial charge in [0, 0.05) is 16.3 Å². The molecular weight excluding hydrogens is 400 g/mol. The lowest BCUT2D eigenvalue weighted by Gasteiger charge is -2.06. The fraction of sp³-hybridized carbons (Fsp3) is 0.0870. The zero-order valence-corrected chi connectivity index (χ0v) is 17.2. The molecule has 0 aliphatic carbocycles. The van der Waals surface area contributed by atoms with Crippen LogP contribution >= 0.6 is 11.6 Å². The molecule has 0 aliphatic rings. The van der Waals surface area contributed by atoms with E-state index >= 15 is 0 Å². The van der Waals surface area contributed by atoms with Crippen molar-refractivity contribution in [1.29, 1.82) is 0 Å². The number of nitrogens with zero attached hydrogens (tertiary/aromatic N) is 3. The van der Waals surface area contributed by atoms with Crippen LogP contribution in [0.4, 0.5) is 5.69 Å². The van der Waals surface area contributed by atoms with E-state index in [0.29, 0.717) is 16.5 Å². The normalized spacial score (nSPS) is 10.6. The number of nitrogens with one attached hydrogen (secondary N) is 1. The minimum absolute atomic E-state index is 0.0568. The molecule has 1 amide bonds. The van der Waals surface area contributed by atoms with Crippen LogP contribution in [-0.2, 0) is 0 Å². The summed E-state index contributed by atoms with van der Waals surface area (Å²) in [7, 11) is 1.61. The minimum Gasteiger partial charge on any atom is -0.497 e.